The molecule has 0 saturated heterocycles. The molecule has 1 aliphatic rings. The minimum atomic E-state index is -0.0756. The fraction of sp³-hybridized carbons (Fsp3) is 0.750. The molecule has 0 bridgehead atoms. The molecule has 2 nitrogen and oxygen atoms in total. The van der Waals surface area contributed by atoms with E-state index in [0.29, 0.717) is 0 Å². The van der Waals surface area contributed by atoms with Crippen LogP contribution in [0.25, 0.3) is 0 Å². The van der Waals surface area contributed by atoms with Crippen molar-refractivity contribution in [2.45, 2.75) is 51.8 Å². The monoisotopic (exact) mass is 227 g/mol. The number of hydrogen-bond donors (Lipinski definition) is 0. The van der Waals surface area contributed by atoms with Gasteiger partial charge in [0.1, 0.15) is 0 Å². The number of carbonyl (C=O) groups is 1. The van der Waals surface area contributed by atoms with Crippen LogP contribution in [0.15, 0.2) is 11.0 Å². The maximum atomic E-state index is 12.1. The summed E-state index contributed by atoms with van der Waals surface area (Å²) in [5.74, 6) is 0.183. The molecule has 0 aromatic rings. The van der Waals surface area contributed by atoms with Gasteiger partial charge < -0.3 is 4.90 Å². The highest BCUT2D eigenvalue weighted by Gasteiger charge is 2.33. The van der Waals surface area contributed by atoms with Crippen molar-refractivity contribution in [3.8, 4) is 0 Å². The van der Waals surface area contributed by atoms with E-state index in [1.165, 1.54) is 0 Å². The first-order valence-electron chi connectivity index (χ1n) is 5.32. The largest absolute Gasteiger partial charge is 0.330 e. The second-order valence-electron chi connectivity index (χ2n) is 5.87. The lowest BCUT2D eigenvalue weighted by molar-refractivity contribution is -0.128. The van der Waals surface area contributed by atoms with E-state index in [1.54, 1.807) is 11.8 Å². The van der Waals surface area contributed by atoms with Gasteiger partial charge in [-0.25, -0.2) is 0 Å². The van der Waals surface area contributed by atoms with Crippen LogP contribution in [0, 0.1) is 0 Å². The molecule has 0 spiro atoms. The Morgan fingerprint density at radius 3 is 2.07 bits per heavy atom. The highest BCUT2D eigenvalue weighted by Crippen LogP contribution is 2.36. The number of amides is 1. The average molecular weight is 227 g/mol. The van der Waals surface area contributed by atoms with Gasteiger partial charge in [-0.2, -0.15) is 0 Å². The average Bonchev–Trinajstić information content (AvgIpc) is 2.27. The summed E-state index contributed by atoms with van der Waals surface area (Å²) in [7, 11) is 0. The summed E-state index contributed by atoms with van der Waals surface area (Å²) < 4.78 is 0.107. The molecule has 1 heterocycles. The molecule has 0 radical (unpaired) electrons. The van der Waals surface area contributed by atoms with Crippen molar-refractivity contribution < 1.29 is 4.79 Å². The Hall–Kier alpha value is -0.440. The van der Waals surface area contributed by atoms with Gasteiger partial charge in [0.05, 0.1) is 4.91 Å². The number of hydrogen-bond acceptors (Lipinski definition) is 2. The third-order valence-electron chi connectivity index (χ3n) is 2.14. The Labute approximate surface area is 97.1 Å². The molecule has 0 atom stereocenters. The Morgan fingerprint density at radius 1 is 1.20 bits per heavy atom. The second-order valence-corrected chi connectivity index (χ2v) is 7.74. The highest BCUT2D eigenvalue weighted by atomic mass is 32.2. The third-order valence-corrected chi connectivity index (χ3v) is 3.31. The first-order chi connectivity index (χ1) is 6.61. The molecule has 1 amide bonds. The van der Waals surface area contributed by atoms with Crippen molar-refractivity contribution in [1.29, 1.82) is 0 Å². The first-order valence-corrected chi connectivity index (χ1v) is 6.14. The number of nitrogens with zero attached hydrogens (tertiary/aromatic N) is 1. The topological polar surface area (TPSA) is 20.3 Å². The molecule has 0 aliphatic carbocycles. The molecular formula is C12H21NOS. The van der Waals surface area contributed by atoms with Crippen LogP contribution >= 0.6 is 11.8 Å². The van der Waals surface area contributed by atoms with Gasteiger partial charge in [0.15, 0.2) is 0 Å². The minimum Gasteiger partial charge on any atom is -0.330 e. The lowest BCUT2D eigenvalue weighted by atomic mass is 10.1. The predicted octanol–water partition coefficient (Wildman–Crippen LogP) is 3.04. The van der Waals surface area contributed by atoms with Gasteiger partial charge in [-0.3, -0.25) is 4.79 Å². The Balaban J connectivity index is 2.72. The van der Waals surface area contributed by atoms with Crippen LogP contribution < -0.4 is 0 Å². The Kier molecular flexibility index (Phi) is 3.24. The number of rotatable bonds is 1. The van der Waals surface area contributed by atoms with Crippen molar-refractivity contribution >= 4 is 17.7 Å². The normalized spacial score (nSPS) is 18.4. The van der Waals surface area contributed by atoms with Crippen LogP contribution in [0.1, 0.15) is 41.5 Å². The van der Waals surface area contributed by atoms with Crippen molar-refractivity contribution in [3.63, 3.8) is 0 Å². The fourth-order valence-electron chi connectivity index (χ4n) is 1.47. The van der Waals surface area contributed by atoms with Gasteiger partial charge >= 0.3 is 0 Å². The molecular weight excluding hydrogens is 206 g/mol. The van der Waals surface area contributed by atoms with Gasteiger partial charge in [0, 0.05) is 16.8 Å². The minimum absolute atomic E-state index is 0.0756. The van der Waals surface area contributed by atoms with E-state index in [-0.39, 0.29) is 16.2 Å². The van der Waals surface area contributed by atoms with Crippen molar-refractivity contribution in [3.05, 3.63) is 11.0 Å². The molecule has 0 aromatic heterocycles. The summed E-state index contributed by atoms with van der Waals surface area (Å²) in [4.78, 5) is 14.9. The Morgan fingerprint density at radius 2 is 1.73 bits per heavy atom. The lowest BCUT2D eigenvalue weighted by Crippen LogP contribution is -2.43. The SMILES string of the molecule is CC(C)(C)SC1=CCN(C(C)(C)C)C1=O. The van der Waals surface area contributed by atoms with Crippen LogP contribution in [0.2, 0.25) is 0 Å². The zero-order valence-corrected chi connectivity index (χ0v) is 11.4. The van der Waals surface area contributed by atoms with E-state index in [9.17, 15) is 4.79 Å². The summed E-state index contributed by atoms with van der Waals surface area (Å²) in [6, 6.07) is 0. The molecule has 1 aliphatic heterocycles. The fourth-order valence-corrected chi connectivity index (χ4v) is 2.49. The van der Waals surface area contributed by atoms with Gasteiger partial charge in [0.2, 0.25) is 0 Å². The van der Waals surface area contributed by atoms with Crippen LogP contribution in [0.5, 0.6) is 0 Å². The molecule has 3 heteroatoms. The quantitative estimate of drug-likeness (QED) is 0.686. The predicted molar refractivity (Wildman–Crippen MR) is 66.9 cm³/mol. The first kappa shape index (κ1) is 12.6. The van der Waals surface area contributed by atoms with Crippen LogP contribution in [0.4, 0.5) is 0 Å². The van der Waals surface area contributed by atoms with E-state index >= 15 is 0 Å². The van der Waals surface area contributed by atoms with Gasteiger partial charge in [-0.15, -0.1) is 11.8 Å². The molecule has 0 fully saturated rings. The number of thioether (sulfide) groups is 1. The molecule has 1 rings (SSSR count). The summed E-state index contributed by atoms with van der Waals surface area (Å²) in [6.45, 7) is 13.4. The van der Waals surface area contributed by atoms with Crippen LogP contribution in [0.3, 0.4) is 0 Å². The molecule has 15 heavy (non-hydrogen) atoms. The summed E-state index contributed by atoms with van der Waals surface area (Å²) in [6.07, 6.45) is 2.05. The molecule has 0 saturated carbocycles. The second kappa shape index (κ2) is 3.85. The van der Waals surface area contributed by atoms with E-state index in [2.05, 4.69) is 41.5 Å². The van der Waals surface area contributed by atoms with Crippen LogP contribution in [-0.2, 0) is 4.79 Å². The van der Waals surface area contributed by atoms with Crippen LogP contribution in [-0.4, -0.2) is 27.6 Å². The zero-order valence-electron chi connectivity index (χ0n) is 10.5. The van der Waals surface area contributed by atoms with Crippen molar-refractivity contribution in [2.75, 3.05) is 6.54 Å². The van der Waals surface area contributed by atoms with E-state index in [1.807, 2.05) is 11.0 Å². The van der Waals surface area contributed by atoms with Crippen molar-refractivity contribution in [1.82, 2.24) is 4.90 Å². The smallest absolute Gasteiger partial charge is 0.260 e. The highest BCUT2D eigenvalue weighted by molar-refractivity contribution is 8.05. The van der Waals surface area contributed by atoms with Crippen molar-refractivity contribution in [2.24, 2.45) is 0 Å². The van der Waals surface area contributed by atoms with Gasteiger partial charge in [0.25, 0.3) is 5.91 Å². The van der Waals surface area contributed by atoms with Gasteiger partial charge in [-0.05, 0) is 26.8 Å². The molecule has 86 valence electrons. The van der Waals surface area contributed by atoms with E-state index < -0.39 is 0 Å². The molecule has 0 unspecified atom stereocenters. The summed E-state index contributed by atoms with van der Waals surface area (Å²) in [5.41, 5.74) is -0.0756. The summed E-state index contributed by atoms with van der Waals surface area (Å²) >= 11 is 1.66. The molecule has 0 aromatic carbocycles. The van der Waals surface area contributed by atoms with E-state index in [4.69, 9.17) is 0 Å². The lowest BCUT2D eigenvalue weighted by Gasteiger charge is -2.32. The third kappa shape index (κ3) is 3.26. The standard InChI is InChI=1S/C12H21NOS/c1-11(2,3)13-8-7-9(10(13)14)15-12(4,5)6/h7H,8H2,1-6H3. The Bertz CT molecular complexity index is 294. The maximum Gasteiger partial charge on any atom is 0.260 e. The van der Waals surface area contributed by atoms with Gasteiger partial charge in [-0.1, -0.05) is 20.8 Å². The maximum absolute atomic E-state index is 12.1. The zero-order chi connectivity index (χ0) is 11.9. The van der Waals surface area contributed by atoms with E-state index in [0.717, 1.165) is 11.4 Å². The summed E-state index contributed by atoms with van der Waals surface area (Å²) in [5, 5.41) is 0. The number of carbonyl (C=O) groups excluding carboxylic acids is 1. The molecule has 0 N–H and O–H groups in total.